The van der Waals surface area contributed by atoms with Crippen LogP contribution in [-0.2, 0) is 24.3 Å². The van der Waals surface area contributed by atoms with Gasteiger partial charge in [0.1, 0.15) is 0 Å². The number of carbonyl (C=O) groups is 1. The number of nitrogens with one attached hydrogen (secondary N) is 3. The standard InChI is InChI=1S/C24H38N4O5S/c1-18-4-6-19(7-5-18)27-24(29)17-26-23-15-21(34(30,31)28-10-13-32-14-11-28)8-9-22(23)25-16-20-3-2-12-33-20/h8-9,15,18-20,25-26H,2-7,10-14,16-17H2,1H3,(H,27,29). The second kappa shape index (κ2) is 11.7. The molecule has 1 atom stereocenters. The van der Waals surface area contributed by atoms with Gasteiger partial charge in [-0.1, -0.05) is 6.92 Å². The number of carbonyl (C=O) groups excluding carboxylic acids is 1. The third kappa shape index (κ3) is 6.62. The van der Waals surface area contributed by atoms with E-state index in [2.05, 4.69) is 22.9 Å². The van der Waals surface area contributed by atoms with Crippen LogP contribution in [0.1, 0.15) is 45.4 Å². The van der Waals surface area contributed by atoms with E-state index in [4.69, 9.17) is 9.47 Å². The number of nitrogens with zero attached hydrogens (tertiary/aromatic N) is 1. The Bertz CT molecular complexity index is 921. The van der Waals surface area contributed by atoms with E-state index in [-0.39, 0.29) is 29.5 Å². The largest absolute Gasteiger partial charge is 0.381 e. The fraction of sp³-hybridized carbons (Fsp3) is 0.708. The van der Waals surface area contributed by atoms with Gasteiger partial charge in [0.15, 0.2) is 0 Å². The Morgan fingerprint density at radius 1 is 1.03 bits per heavy atom. The van der Waals surface area contributed by atoms with Crippen LogP contribution < -0.4 is 16.0 Å². The highest BCUT2D eigenvalue weighted by Gasteiger charge is 2.27. The highest BCUT2D eigenvalue weighted by molar-refractivity contribution is 7.89. The molecule has 0 bridgehead atoms. The molecule has 10 heteroatoms. The van der Waals surface area contributed by atoms with Gasteiger partial charge in [-0.2, -0.15) is 4.31 Å². The summed E-state index contributed by atoms with van der Waals surface area (Å²) in [6, 6.07) is 5.23. The zero-order valence-electron chi connectivity index (χ0n) is 20.1. The predicted molar refractivity (Wildman–Crippen MR) is 132 cm³/mol. The average Bonchev–Trinajstić information content (AvgIpc) is 3.37. The first-order valence-corrected chi connectivity index (χ1v) is 14.0. The van der Waals surface area contributed by atoms with Gasteiger partial charge in [0.2, 0.25) is 15.9 Å². The molecule has 3 N–H and O–H groups in total. The number of hydrogen-bond donors (Lipinski definition) is 3. The first-order valence-electron chi connectivity index (χ1n) is 12.5. The van der Waals surface area contributed by atoms with E-state index in [1.807, 2.05) is 0 Å². The molecule has 1 aromatic rings. The van der Waals surface area contributed by atoms with Crippen molar-refractivity contribution >= 4 is 27.3 Å². The summed E-state index contributed by atoms with van der Waals surface area (Å²) >= 11 is 0. The third-order valence-corrected chi connectivity index (χ3v) is 8.86. The van der Waals surface area contributed by atoms with Gasteiger partial charge < -0.3 is 25.4 Å². The SMILES string of the molecule is CC1CCC(NC(=O)CNc2cc(S(=O)(=O)N3CCOCC3)ccc2NCC2CCCO2)CC1. The van der Waals surface area contributed by atoms with Gasteiger partial charge in [-0.15, -0.1) is 0 Å². The Kier molecular flexibility index (Phi) is 8.68. The molecule has 2 heterocycles. The van der Waals surface area contributed by atoms with Crippen molar-refractivity contribution in [1.82, 2.24) is 9.62 Å². The van der Waals surface area contributed by atoms with Crippen LogP contribution in [0.5, 0.6) is 0 Å². The summed E-state index contributed by atoms with van der Waals surface area (Å²) in [5, 5.41) is 9.68. The minimum Gasteiger partial charge on any atom is -0.381 e. The van der Waals surface area contributed by atoms with Crippen molar-refractivity contribution in [2.24, 2.45) is 5.92 Å². The summed E-state index contributed by atoms with van der Waals surface area (Å²) in [6.45, 7) is 5.21. The molecule has 2 aliphatic heterocycles. The topological polar surface area (TPSA) is 109 Å². The van der Waals surface area contributed by atoms with Crippen molar-refractivity contribution in [2.45, 2.75) is 62.5 Å². The van der Waals surface area contributed by atoms with Crippen LogP contribution in [0.15, 0.2) is 23.1 Å². The Morgan fingerprint density at radius 2 is 1.79 bits per heavy atom. The molecule has 2 saturated heterocycles. The van der Waals surface area contributed by atoms with E-state index in [0.29, 0.717) is 38.5 Å². The highest BCUT2D eigenvalue weighted by Crippen LogP contribution is 2.28. The lowest BCUT2D eigenvalue weighted by Crippen LogP contribution is -2.41. The molecule has 3 aliphatic rings. The molecule has 0 spiro atoms. The summed E-state index contributed by atoms with van der Waals surface area (Å²) in [5.41, 5.74) is 1.36. The van der Waals surface area contributed by atoms with Gasteiger partial charge >= 0.3 is 0 Å². The number of morpholine rings is 1. The monoisotopic (exact) mass is 494 g/mol. The molecule has 1 unspecified atom stereocenters. The zero-order chi connectivity index (χ0) is 24.0. The quantitative estimate of drug-likeness (QED) is 0.484. The smallest absolute Gasteiger partial charge is 0.243 e. The van der Waals surface area contributed by atoms with Gasteiger partial charge in [-0.3, -0.25) is 4.79 Å². The van der Waals surface area contributed by atoms with E-state index < -0.39 is 10.0 Å². The van der Waals surface area contributed by atoms with Crippen LogP contribution in [-0.4, -0.2) is 76.8 Å². The first kappa shape index (κ1) is 25.2. The third-order valence-electron chi connectivity index (χ3n) is 6.96. The number of anilines is 2. The van der Waals surface area contributed by atoms with Crippen molar-refractivity contribution in [1.29, 1.82) is 0 Å². The maximum atomic E-state index is 13.2. The summed E-state index contributed by atoms with van der Waals surface area (Å²) < 4.78 is 38.8. The van der Waals surface area contributed by atoms with Gasteiger partial charge in [0.05, 0.1) is 42.1 Å². The summed E-state index contributed by atoms with van der Waals surface area (Å²) in [5.74, 6) is 0.644. The van der Waals surface area contributed by atoms with Crippen molar-refractivity contribution in [2.75, 3.05) is 56.6 Å². The van der Waals surface area contributed by atoms with Gasteiger partial charge in [-0.05, 0) is 62.6 Å². The van der Waals surface area contributed by atoms with Crippen LogP contribution in [0.3, 0.4) is 0 Å². The lowest BCUT2D eigenvalue weighted by Gasteiger charge is -2.27. The van der Waals surface area contributed by atoms with Crippen molar-refractivity contribution in [3.05, 3.63) is 18.2 Å². The Labute approximate surface area is 203 Å². The maximum Gasteiger partial charge on any atom is 0.243 e. The van der Waals surface area contributed by atoms with Crippen LogP contribution in [0, 0.1) is 5.92 Å². The van der Waals surface area contributed by atoms with Crippen LogP contribution in [0.25, 0.3) is 0 Å². The molecule has 1 aromatic carbocycles. The average molecular weight is 495 g/mol. The summed E-state index contributed by atoms with van der Waals surface area (Å²) in [6.07, 6.45) is 6.48. The molecule has 4 rings (SSSR count). The second-order valence-corrected chi connectivity index (χ2v) is 11.6. The fourth-order valence-electron chi connectivity index (χ4n) is 4.81. The highest BCUT2D eigenvalue weighted by atomic mass is 32.2. The summed E-state index contributed by atoms with van der Waals surface area (Å²) in [7, 11) is -3.64. The minimum atomic E-state index is -3.64. The van der Waals surface area contributed by atoms with E-state index in [0.717, 1.165) is 56.7 Å². The maximum absolute atomic E-state index is 13.2. The molecule has 1 aliphatic carbocycles. The molecule has 0 aromatic heterocycles. The van der Waals surface area contributed by atoms with Crippen molar-refractivity contribution < 1.29 is 22.7 Å². The van der Waals surface area contributed by atoms with E-state index in [9.17, 15) is 13.2 Å². The van der Waals surface area contributed by atoms with E-state index >= 15 is 0 Å². The Balaban J connectivity index is 1.44. The molecular formula is C24H38N4O5S. The molecule has 3 fully saturated rings. The van der Waals surface area contributed by atoms with E-state index in [1.54, 1.807) is 18.2 Å². The number of ether oxygens (including phenoxy) is 2. The van der Waals surface area contributed by atoms with Crippen LogP contribution in [0.2, 0.25) is 0 Å². The number of benzene rings is 1. The molecule has 9 nitrogen and oxygen atoms in total. The number of hydrogen-bond acceptors (Lipinski definition) is 7. The predicted octanol–water partition coefficient (Wildman–Crippen LogP) is 2.41. The summed E-state index contributed by atoms with van der Waals surface area (Å²) in [4.78, 5) is 12.8. The second-order valence-electron chi connectivity index (χ2n) is 9.62. The number of amides is 1. The lowest BCUT2D eigenvalue weighted by molar-refractivity contribution is -0.120. The molecule has 34 heavy (non-hydrogen) atoms. The Hall–Kier alpha value is -1.88. The minimum absolute atomic E-state index is 0.0777. The molecule has 1 saturated carbocycles. The molecule has 1 amide bonds. The van der Waals surface area contributed by atoms with Crippen molar-refractivity contribution in [3.63, 3.8) is 0 Å². The number of sulfonamides is 1. The normalized spacial score (nSPS) is 26.2. The number of rotatable bonds is 9. The molecule has 190 valence electrons. The van der Waals surface area contributed by atoms with Gasteiger partial charge in [0.25, 0.3) is 0 Å². The Morgan fingerprint density at radius 3 is 2.50 bits per heavy atom. The lowest BCUT2D eigenvalue weighted by atomic mass is 9.87. The molecular weight excluding hydrogens is 456 g/mol. The zero-order valence-corrected chi connectivity index (χ0v) is 20.9. The van der Waals surface area contributed by atoms with Crippen molar-refractivity contribution in [3.8, 4) is 0 Å². The van der Waals surface area contributed by atoms with Crippen LogP contribution in [0.4, 0.5) is 11.4 Å². The fourth-order valence-corrected chi connectivity index (χ4v) is 6.24. The first-order chi connectivity index (χ1) is 16.4. The van der Waals surface area contributed by atoms with Gasteiger partial charge in [0, 0.05) is 32.3 Å². The van der Waals surface area contributed by atoms with Gasteiger partial charge in [-0.25, -0.2) is 8.42 Å². The molecule has 0 radical (unpaired) electrons. The van der Waals surface area contributed by atoms with E-state index in [1.165, 1.54) is 4.31 Å². The van der Waals surface area contributed by atoms with Crippen LogP contribution >= 0.6 is 0 Å².